The largest absolute Gasteiger partial charge is 0.493 e. The summed E-state index contributed by atoms with van der Waals surface area (Å²) in [6.45, 7) is 3.21. The lowest BCUT2D eigenvalue weighted by atomic mass is 9.95. The number of hydrogen-bond acceptors (Lipinski definition) is 6. The van der Waals surface area contributed by atoms with Crippen LogP contribution in [0.1, 0.15) is 43.9 Å². The molecule has 2 aromatic heterocycles. The van der Waals surface area contributed by atoms with Crippen LogP contribution in [0, 0.1) is 5.92 Å². The molecule has 2 N–H and O–H groups in total. The van der Waals surface area contributed by atoms with Crippen molar-refractivity contribution in [1.82, 2.24) is 24.5 Å². The van der Waals surface area contributed by atoms with Crippen LogP contribution in [-0.2, 0) is 25.1 Å². The van der Waals surface area contributed by atoms with E-state index >= 15 is 0 Å². The van der Waals surface area contributed by atoms with Crippen LogP contribution in [0.4, 0.5) is 0 Å². The number of aromatic nitrogens is 5. The topological polar surface area (TPSA) is 115 Å². The first kappa shape index (κ1) is 22.0. The number of unbranched alkanes of at least 4 members (excludes halogenated alkanes) is 1. The summed E-state index contributed by atoms with van der Waals surface area (Å²) in [5.74, 6) is 1.33. The van der Waals surface area contributed by atoms with Crippen LogP contribution < -0.4 is 16.0 Å². The normalized spacial score (nSPS) is 15.4. The van der Waals surface area contributed by atoms with E-state index in [1.807, 2.05) is 24.3 Å². The number of H-pyrrole nitrogens is 1. The second-order valence-corrected chi connectivity index (χ2v) is 8.67. The molecule has 0 spiro atoms. The van der Waals surface area contributed by atoms with E-state index < -0.39 is 16.9 Å². The van der Waals surface area contributed by atoms with Gasteiger partial charge in [-0.05, 0) is 51.0 Å². The van der Waals surface area contributed by atoms with Crippen molar-refractivity contribution >= 4 is 0 Å². The van der Waals surface area contributed by atoms with Crippen LogP contribution in [-0.4, -0.2) is 36.3 Å². The average molecular weight is 440 g/mol. The molecule has 0 aliphatic heterocycles. The van der Waals surface area contributed by atoms with Crippen molar-refractivity contribution in [3.63, 3.8) is 0 Å². The summed E-state index contributed by atoms with van der Waals surface area (Å²) in [7, 11) is 0. The van der Waals surface area contributed by atoms with Crippen molar-refractivity contribution in [2.24, 2.45) is 5.92 Å². The molecule has 1 aromatic carbocycles. The molecule has 1 aliphatic carbocycles. The van der Waals surface area contributed by atoms with E-state index in [0.717, 1.165) is 24.1 Å². The van der Waals surface area contributed by atoms with Crippen molar-refractivity contribution in [3.8, 4) is 5.75 Å². The summed E-state index contributed by atoms with van der Waals surface area (Å²) in [6.07, 6.45) is 7.90. The van der Waals surface area contributed by atoms with E-state index in [1.54, 1.807) is 17.8 Å². The van der Waals surface area contributed by atoms with E-state index in [1.165, 1.54) is 29.7 Å². The van der Waals surface area contributed by atoms with Gasteiger partial charge in [-0.1, -0.05) is 23.4 Å². The number of aliphatic hydroxyl groups is 1. The number of benzene rings is 1. The Morgan fingerprint density at radius 1 is 1.22 bits per heavy atom. The van der Waals surface area contributed by atoms with Gasteiger partial charge < -0.3 is 14.4 Å². The Morgan fingerprint density at radius 2 is 2.03 bits per heavy atom. The third-order valence-electron chi connectivity index (χ3n) is 5.77. The van der Waals surface area contributed by atoms with Crippen LogP contribution in [0.3, 0.4) is 0 Å². The molecule has 0 bridgehead atoms. The van der Waals surface area contributed by atoms with Gasteiger partial charge in [0.2, 0.25) is 0 Å². The molecular weight excluding hydrogens is 410 g/mol. The van der Waals surface area contributed by atoms with Gasteiger partial charge in [-0.2, -0.15) is 0 Å². The highest BCUT2D eigenvalue weighted by Gasteiger charge is 2.30. The van der Waals surface area contributed by atoms with Crippen molar-refractivity contribution in [3.05, 3.63) is 74.8 Å². The lowest BCUT2D eigenvalue weighted by molar-refractivity contribution is 0.0301. The minimum atomic E-state index is -1.17. The Balaban J connectivity index is 1.36. The van der Waals surface area contributed by atoms with Crippen LogP contribution in [0.15, 0.2) is 52.3 Å². The highest BCUT2D eigenvalue weighted by Crippen LogP contribution is 2.34. The highest BCUT2D eigenvalue weighted by atomic mass is 16.5. The molecule has 3 aromatic rings. The molecule has 2 heterocycles. The monoisotopic (exact) mass is 439 g/mol. The summed E-state index contributed by atoms with van der Waals surface area (Å²) in [5.41, 5.74) is -0.322. The standard InChI is InChI=1S/C23H29N5O4/c1-23(31,19-7-2-3-8-20(19)32-15-17-9-10-17)16-28-18(14-24-26-28)6-4-5-12-27-13-11-21(29)25-22(27)30/h2-3,7-8,11,13-14,17,31H,4-6,9-10,12,15-16H2,1H3,(H,25,29,30)/t23-/m1/s1. The van der Waals surface area contributed by atoms with Crippen molar-refractivity contribution < 1.29 is 9.84 Å². The summed E-state index contributed by atoms with van der Waals surface area (Å²) in [5, 5.41) is 19.5. The molecule has 1 saturated carbocycles. The zero-order chi connectivity index (χ0) is 22.6. The number of rotatable bonds is 11. The molecule has 0 saturated heterocycles. The van der Waals surface area contributed by atoms with E-state index in [-0.39, 0.29) is 6.54 Å². The van der Waals surface area contributed by atoms with Crippen molar-refractivity contribution in [2.75, 3.05) is 6.61 Å². The van der Waals surface area contributed by atoms with Crippen LogP contribution in [0.2, 0.25) is 0 Å². The Labute approximate surface area is 185 Å². The number of hydrogen-bond donors (Lipinski definition) is 2. The molecule has 32 heavy (non-hydrogen) atoms. The SMILES string of the molecule is C[C@@](O)(Cn1nncc1CCCCn1ccc(=O)[nH]c1=O)c1ccccc1OCC1CC1. The Hall–Kier alpha value is -3.20. The number of para-hydroxylation sites is 1. The minimum Gasteiger partial charge on any atom is -0.493 e. The number of aromatic amines is 1. The summed E-state index contributed by atoms with van der Waals surface area (Å²) < 4.78 is 9.19. The summed E-state index contributed by atoms with van der Waals surface area (Å²) in [6, 6.07) is 8.94. The lowest BCUT2D eigenvalue weighted by Crippen LogP contribution is -2.30. The summed E-state index contributed by atoms with van der Waals surface area (Å²) >= 11 is 0. The Morgan fingerprint density at radius 3 is 2.81 bits per heavy atom. The molecule has 1 atom stereocenters. The van der Waals surface area contributed by atoms with E-state index in [2.05, 4.69) is 15.3 Å². The summed E-state index contributed by atoms with van der Waals surface area (Å²) in [4.78, 5) is 25.2. The van der Waals surface area contributed by atoms with E-state index in [0.29, 0.717) is 31.2 Å². The van der Waals surface area contributed by atoms with Gasteiger partial charge in [0, 0.05) is 24.4 Å². The van der Waals surface area contributed by atoms with Crippen molar-refractivity contribution in [2.45, 2.75) is 57.7 Å². The van der Waals surface area contributed by atoms with Gasteiger partial charge in [-0.3, -0.25) is 9.78 Å². The molecule has 4 rings (SSSR count). The Bertz CT molecular complexity index is 1160. The molecule has 1 aliphatic rings. The number of ether oxygens (including phenoxy) is 1. The molecule has 0 amide bonds. The molecule has 9 heteroatoms. The van der Waals surface area contributed by atoms with Crippen LogP contribution in [0.25, 0.3) is 0 Å². The van der Waals surface area contributed by atoms with Gasteiger partial charge in [0.05, 0.1) is 25.0 Å². The van der Waals surface area contributed by atoms with E-state index in [4.69, 9.17) is 4.74 Å². The molecule has 9 nitrogen and oxygen atoms in total. The van der Waals surface area contributed by atoms with Gasteiger partial charge in [-0.15, -0.1) is 5.10 Å². The predicted octanol–water partition coefficient (Wildman–Crippen LogP) is 1.85. The third kappa shape index (κ3) is 5.53. The molecule has 0 unspecified atom stereocenters. The minimum absolute atomic E-state index is 0.255. The number of aryl methyl sites for hydroxylation is 2. The molecular formula is C23H29N5O4. The predicted molar refractivity (Wildman–Crippen MR) is 119 cm³/mol. The van der Waals surface area contributed by atoms with Gasteiger partial charge in [0.25, 0.3) is 5.56 Å². The molecule has 0 radical (unpaired) electrons. The van der Waals surface area contributed by atoms with Crippen molar-refractivity contribution in [1.29, 1.82) is 0 Å². The Kier molecular flexibility index (Phi) is 6.55. The molecule has 170 valence electrons. The fourth-order valence-electron chi connectivity index (χ4n) is 3.72. The third-order valence-corrected chi connectivity index (χ3v) is 5.77. The fourth-order valence-corrected chi connectivity index (χ4v) is 3.72. The fraction of sp³-hybridized carbons (Fsp3) is 0.478. The second-order valence-electron chi connectivity index (χ2n) is 8.67. The molecule has 1 fully saturated rings. The first-order valence-corrected chi connectivity index (χ1v) is 11.0. The van der Waals surface area contributed by atoms with Gasteiger partial charge in [0.15, 0.2) is 0 Å². The zero-order valence-electron chi connectivity index (χ0n) is 18.2. The zero-order valence-corrected chi connectivity index (χ0v) is 18.2. The van der Waals surface area contributed by atoms with Crippen LogP contribution >= 0.6 is 0 Å². The maximum atomic E-state index is 11.8. The van der Waals surface area contributed by atoms with E-state index in [9.17, 15) is 14.7 Å². The first-order chi connectivity index (χ1) is 15.4. The first-order valence-electron chi connectivity index (χ1n) is 11.0. The second kappa shape index (κ2) is 9.52. The smallest absolute Gasteiger partial charge is 0.328 e. The number of nitrogens with one attached hydrogen (secondary N) is 1. The quantitative estimate of drug-likeness (QED) is 0.441. The van der Waals surface area contributed by atoms with Crippen LogP contribution in [0.5, 0.6) is 5.75 Å². The maximum Gasteiger partial charge on any atom is 0.328 e. The average Bonchev–Trinajstić information content (AvgIpc) is 3.50. The van der Waals surface area contributed by atoms with Gasteiger partial charge in [0.1, 0.15) is 11.4 Å². The lowest BCUT2D eigenvalue weighted by Gasteiger charge is -2.26. The maximum absolute atomic E-state index is 11.8. The van der Waals surface area contributed by atoms with Gasteiger partial charge >= 0.3 is 5.69 Å². The highest BCUT2D eigenvalue weighted by molar-refractivity contribution is 5.37. The number of nitrogens with zero attached hydrogens (tertiary/aromatic N) is 4. The van der Waals surface area contributed by atoms with Gasteiger partial charge in [-0.25, -0.2) is 9.48 Å².